The Morgan fingerprint density at radius 2 is 1.80 bits per heavy atom. The van der Waals surface area contributed by atoms with Gasteiger partial charge >= 0.3 is 5.97 Å². The lowest BCUT2D eigenvalue weighted by molar-refractivity contribution is -0.154. The van der Waals surface area contributed by atoms with Crippen LogP contribution in [0.4, 0.5) is 16.0 Å². The van der Waals surface area contributed by atoms with Gasteiger partial charge in [-0.3, -0.25) is 4.79 Å². The van der Waals surface area contributed by atoms with Crippen molar-refractivity contribution in [1.29, 1.82) is 0 Å². The maximum Gasteiger partial charge on any atom is 0.311 e. The van der Waals surface area contributed by atoms with E-state index in [4.69, 9.17) is 14.8 Å². The van der Waals surface area contributed by atoms with E-state index in [1.807, 2.05) is 45.0 Å². The average Bonchev–Trinajstić information content (AvgIpc) is 3.64. The largest absolute Gasteiger partial charge is 0.466 e. The minimum absolute atomic E-state index is 0.0579. The molecule has 8 rings (SSSR count). The van der Waals surface area contributed by atoms with Gasteiger partial charge in [-0.15, -0.1) is 5.10 Å². The molecule has 1 N–H and O–H groups in total. The van der Waals surface area contributed by atoms with Crippen LogP contribution in [0, 0.1) is 30.5 Å². The molecule has 2 atom stereocenters. The smallest absolute Gasteiger partial charge is 0.311 e. The summed E-state index contributed by atoms with van der Waals surface area (Å²) in [4.78, 5) is 24.4. The second kappa shape index (κ2) is 11.4. The fourth-order valence-corrected chi connectivity index (χ4v) is 8.50. The van der Waals surface area contributed by atoms with Crippen molar-refractivity contribution in [2.24, 2.45) is 17.8 Å². The molecule has 0 spiro atoms. The quantitative estimate of drug-likeness (QED) is 0.225. The van der Waals surface area contributed by atoms with Gasteiger partial charge < -0.3 is 15.0 Å². The Bertz CT molecular complexity index is 2070. The molecule has 0 amide bonds. The monoisotopic (exact) mass is 645 g/mol. The van der Waals surface area contributed by atoms with Crippen molar-refractivity contribution >= 4 is 44.2 Å². The third-order valence-corrected chi connectivity index (χ3v) is 11.1. The Balaban J connectivity index is 1.41. The summed E-state index contributed by atoms with van der Waals surface area (Å²) in [6.07, 6.45) is 6.38. The van der Waals surface area contributed by atoms with Gasteiger partial charge in [0.15, 0.2) is 17.3 Å². The van der Waals surface area contributed by atoms with Crippen LogP contribution in [0.2, 0.25) is 0 Å². The number of halogens is 1. The van der Waals surface area contributed by atoms with Crippen molar-refractivity contribution in [3.8, 4) is 11.4 Å². The molecule has 3 aliphatic rings. The van der Waals surface area contributed by atoms with Crippen LogP contribution >= 0.6 is 0 Å². The molecule has 0 saturated heterocycles. The molecular formula is C33H36FN7O4S. The molecule has 5 aromatic rings. The third kappa shape index (κ3) is 4.97. The van der Waals surface area contributed by atoms with Crippen molar-refractivity contribution in [2.75, 3.05) is 30.9 Å². The van der Waals surface area contributed by atoms with E-state index in [0.717, 1.165) is 47.2 Å². The van der Waals surface area contributed by atoms with E-state index in [0.29, 0.717) is 23.5 Å². The van der Waals surface area contributed by atoms with Crippen molar-refractivity contribution < 1.29 is 22.3 Å². The number of hydrogen-bond acceptors (Lipinski definition) is 9. The minimum atomic E-state index is -4.10. The maximum absolute atomic E-state index is 14.7. The average molecular weight is 646 g/mol. The first kappa shape index (κ1) is 30.2. The van der Waals surface area contributed by atoms with E-state index in [1.165, 1.54) is 24.4 Å². The number of aryl methyl sites for hydroxylation is 1. The molecule has 2 bridgehead atoms. The van der Waals surface area contributed by atoms with Gasteiger partial charge in [0.2, 0.25) is 0 Å². The van der Waals surface area contributed by atoms with E-state index in [-0.39, 0.29) is 51.5 Å². The predicted octanol–water partition coefficient (Wildman–Crippen LogP) is 5.28. The van der Waals surface area contributed by atoms with Gasteiger partial charge in [0.1, 0.15) is 17.2 Å². The van der Waals surface area contributed by atoms with Gasteiger partial charge in [-0.05, 0) is 81.7 Å². The summed E-state index contributed by atoms with van der Waals surface area (Å²) in [5.41, 5.74) is 1.96. The van der Waals surface area contributed by atoms with Gasteiger partial charge in [0.25, 0.3) is 10.0 Å². The lowest BCUT2D eigenvalue weighted by Gasteiger charge is -2.47. The molecule has 0 aliphatic heterocycles. The number of carbonyl (C=O) groups is 1. The Kier molecular flexibility index (Phi) is 7.46. The number of rotatable bonds is 8. The number of ether oxygens (including phenoxy) is 1. The summed E-state index contributed by atoms with van der Waals surface area (Å²) in [5.74, 6) is 0.792. The summed E-state index contributed by atoms with van der Waals surface area (Å²) in [5, 5.41) is 8.72. The molecule has 0 unspecified atom stereocenters. The van der Waals surface area contributed by atoms with E-state index >= 15 is 0 Å². The van der Waals surface area contributed by atoms with E-state index in [2.05, 4.69) is 10.3 Å². The molecule has 0 radical (unpaired) electrons. The lowest BCUT2D eigenvalue weighted by atomic mass is 9.61. The lowest BCUT2D eigenvalue weighted by Crippen LogP contribution is -2.52. The Morgan fingerprint density at radius 3 is 2.50 bits per heavy atom. The summed E-state index contributed by atoms with van der Waals surface area (Å²) in [6, 6.07) is 11.4. The van der Waals surface area contributed by atoms with Crippen LogP contribution in [-0.4, -0.2) is 64.7 Å². The van der Waals surface area contributed by atoms with Gasteiger partial charge in [-0.25, -0.2) is 31.3 Å². The second-order valence-electron chi connectivity index (χ2n) is 12.5. The molecule has 4 heterocycles. The number of carbonyl (C=O) groups excluding carboxylic acids is 1. The number of anilines is 2. The molecule has 240 valence electrons. The first-order valence-electron chi connectivity index (χ1n) is 15.6. The Morgan fingerprint density at radius 1 is 1.09 bits per heavy atom. The van der Waals surface area contributed by atoms with Gasteiger partial charge in [0, 0.05) is 37.3 Å². The van der Waals surface area contributed by atoms with Crippen molar-refractivity contribution in [3.63, 3.8) is 0 Å². The van der Waals surface area contributed by atoms with E-state index in [1.54, 1.807) is 16.6 Å². The highest BCUT2D eigenvalue weighted by Crippen LogP contribution is 2.47. The number of nitrogens with one attached hydrogen (secondary N) is 1. The van der Waals surface area contributed by atoms with Gasteiger partial charge in [-0.1, -0.05) is 17.7 Å². The molecule has 4 aromatic heterocycles. The van der Waals surface area contributed by atoms with Crippen LogP contribution in [0.5, 0.6) is 0 Å². The number of benzene rings is 1. The second-order valence-corrected chi connectivity index (χ2v) is 14.3. The third-order valence-electron chi connectivity index (χ3n) is 9.43. The molecule has 3 saturated carbocycles. The van der Waals surface area contributed by atoms with Crippen molar-refractivity contribution in [3.05, 3.63) is 66.2 Å². The number of nitrogens with zero attached hydrogens (tertiary/aromatic N) is 6. The number of esters is 1. The number of pyridine rings is 1. The van der Waals surface area contributed by atoms with E-state index < -0.39 is 15.8 Å². The van der Waals surface area contributed by atoms with Gasteiger partial charge in [0.05, 0.1) is 23.6 Å². The fourth-order valence-electron chi connectivity index (χ4n) is 7.17. The SMILES string of the molecule is CCOC(=O)[C@H]1C2CCC(CC2)[C@@H]1Nc1nc(-c2cn(S(=O)(=O)c3ccc(C)cc3)c3ncc(F)cc23)nn2c(N(C)C)ccc12. The van der Waals surface area contributed by atoms with Crippen molar-refractivity contribution in [1.82, 2.24) is 23.6 Å². The summed E-state index contributed by atoms with van der Waals surface area (Å²) in [7, 11) is -0.311. The zero-order valence-electron chi connectivity index (χ0n) is 26.1. The minimum Gasteiger partial charge on any atom is -0.466 e. The number of fused-ring (bicyclic) bond motifs is 5. The highest BCUT2D eigenvalue weighted by molar-refractivity contribution is 7.90. The fraction of sp³-hybridized carbons (Fsp3) is 0.394. The van der Waals surface area contributed by atoms with Crippen LogP contribution in [0.25, 0.3) is 27.9 Å². The summed E-state index contributed by atoms with van der Waals surface area (Å²) in [6.45, 7) is 4.00. The molecule has 1 aromatic carbocycles. The standard InChI is InChI=1S/C33H36FN7O4S/c1-5-45-33(42)28-20-8-10-21(11-9-20)29(28)36-31-26-14-15-27(39(3)4)41(26)38-30(37-31)25-18-40(32-24(25)16-22(34)17-35-32)46(43,44)23-12-6-19(2)7-13-23/h6-7,12-18,20-21,28-29H,5,8-11H2,1-4H3,(H,36,37,38)/t20?,21?,28-,29-/m0/s1. The van der Waals surface area contributed by atoms with E-state index in [9.17, 15) is 17.6 Å². The van der Waals surface area contributed by atoms with Crippen LogP contribution < -0.4 is 10.2 Å². The zero-order valence-corrected chi connectivity index (χ0v) is 27.0. The van der Waals surface area contributed by atoms with Crippen LogP contribution in [0.3, 0.4) is 0 Å². The van der Waals surface area contributed by atoms with Crippen molar-refractivity contribution in [2.45, 2.75) is 50.5 Å². The first-order chi connectivity index (χ1) is 22.1. The maximum atomic E-state index is 14.7. The zero-order chi connectivity index (χ0) is 32.3. The molecule has 13 heteroatoms. The number of hydrogen-bond donors (Lipinski definition) is 1. The van der Waals surface area contributed by atoms with Crippen LogP contribution in [0.1, 0.15) is 38.2 Å². The highest BCUT2D eigenvalue weighted by atomic mass is 32.2. The van der Waals surface area contributed by atoms with Crippen LogP contribution in [-0.2, 0) is 19.6 Å². The van der Waals surface area contributed by atoms with Crippen LogP contribution in [0.15, 0.2) is 59.8 Å². The normalized spacial score (nSPS) is 21.2. The van der Waals surface area contributed by atoms with Gasteiger partial charge in [-0.2, -0.15) is 0 Å². The summed E-state index contributed by atoms with van der Waals surface area (Å²) < 4.78 is 50.8. The highest BCUT2D eigenvalue weighted by Gasteiger charge is 2.48. The molecule has 3 fully saturated rings. The first-order valence-corrected chi connectivity index (χ1v) is 17.0. The Labute approximate surface area is 266 Å². The summed E-state index contributed by atoms with van der Waals surface area (Å²) >= 11 is 0. The number of aromatic nitrogens is 5. The Hall–Kier alpha value is -4.52. The predicted molar refractivity (Wildman–Crippen MR) is 173 cm³/mol. The molecule has 46 heavy (non-hydrogen) atoms. The molecular weight excluding hydrogens is 609 g/mol. The molecule has 3 aliphatic carbocycles. The topological polar surface area (TPSA) is 124 Å². The molecule has 11 nitrogen and oxygen atoms in total.